The number of carbonyl (C=O) groups excluding carboxylic acids is 3. The maximum absolute atomic E-state index is 12.7. The van der Waals surface area contributed by atoms with Crippen molar-refractivity contribution in [3.8, 4) is 0 Å². The molecule has 0 aliphatic carbocycles. The van der Waals surface area contributed by atoms with Gasteiger partial charge in [-0.15, -0.1) is 0 Å². The van der Waals surface area contributed by atoms with Crippen LogP contribution in [0.25, 0.3) is 0 Å². The number of allylic oxidation sites excluding steroid dienone is 10. The van der Waals surface area contributed by atoms with Gasteiger partial charge in [0.2, 0.25) is 0 Å². The lowest BCUT2D eigenvalue weighted by Crippen LogP contribution is -2.44. The molecule has 0 saturated carbocycles. The number of hydrogen-bond donors (Lipinski definition) is 0. The van der Waals surface area contributed by atoms with Gasteiger partial charge in [-0.1, -0.05) is 132 Å². The summed E-state index contributed by atoms with van der Waals surface area (Å²) in [4.78, 5) is 36.5. The smallest absolute Gasteiger partial charge is 0.306 e. The van der Waals surface area contributed by atoms with Crippen molar-refractivity contribution < 1.29 is 42.9 Å². The predicted octanol–water partition coefficient (Wildman–Crippen LogP) is 8.88. The largest absolute Gasteiger partial charge is 0.545 e. The lowest BCUT2D eigenvalue weighted by molar-refractivity contribution is -0.870. The van der Waals surface area contributed by atoms with Gasteiger partial charge >= 0.3 is 11.9 Å². The summed E-state index contributed by atoms with van der Waals surface area (Å²) in [6, 6.07) is 0. The molecular weight excluding hydrogens is 670 g/mol. The van der Waals surface area contributed by atoms with Crippen LogP contribution in [0.3, 0.4) is 0 Å². The van der Waals surface area contributed by atoms with E-state index in [1.54, 1.807) is 0 Å². The fourth-order valence-electron chi connectivity index (χ4n) is 5.09. The summed E-state index contributed by atoms with van der Waals surface area (Å²) < 4.78 is 22.3. The Morgan fingerprint density at radius 2 is 1.08 bits per heavy atom. The molecule has 304 valence electrons. The molecule has 0 spiro atoms. The number of esters is 2. The molecule has 0 aromatic heterocycles. The third kappa shape index (κ3) is 37.1. The Morgan fingerprint density at radius 1 is 0.585 bits per heavy atom. The van der Waals surface area contributed by atoms with Gasteiger partial charge in [-0.05, 0) is 57.8 Å². The third-order valence-corrected chi connectivity index (χ3v) is 8.28. The van der Waals surface area contributed by atoms with Crippen LogP contribution in [0.15, 0.2) is 60.8 Å². The molecule has 2 atom stereocenters. The molecule has 0 aromatic rings. The lowest BCUT2D eigenvalue weighted by atomic mass is 10.1. The van der Waals surface area contributed by atoms with E-state index in [1.807, 2.05) is 21.1 Å². The van der Waals surface area contributed by atoms with E-state index in [4.69, 9.17) is 18.9 Å². The highest BCUT2D eigenvalue weighted by Crippen LogP contribution is 2.12. The van der Waals surface area contributed by atoms with Crippen molar-refractivity contribution in [1.29, 1.82) is 0 Å². The monoisotopic (exact) mass is 746 g/mol. The van der Waals surface area contributed by atoms with E-state index in [0.29, 0.717) is 17.4 Å². The topological polar surface area (TPSA) is 111 Å². The first-order valence-corrected chi connectivity index (χ1v) is 20.4. The van der Waals surface area contributed by atoms with Crippen LogP contribution in [0.2, 0.25) is 0 Å². The Labute approximate surface area is 323 Å². The highest BCUT2D eigenvalue weighted by molar-refractivity contribution is 5.70. The van der Waals surface area contributed by atoms with Crippen molar-refractivity contribution in [3.05, 3.63) is 60.8 Å². The van der Waals surface area contributed by atoms with Crippen molar-refractivity contribution in [2.75, 3.05) is 47.5 Å². The zero-order chi connectivity index (χ0) is 39.3. The lowest BCUT2D eigenvalue weighted by Gasteiger charge is -2.26. The minimum absolute atomic E-state index is 0.143. The van der Waals surface area contributed by atoms with Gasteiger partial charge in [0.15, 0.2) is 12.4 Å². The van der Waals surface area contributed by atoms with Crippen LogP contribution in [0.1, 0.15) is 142 Å². The maximum Gasteiger partial charge on any atom is 0.306 e. The average Bonchev–Trinajstić information content (AvgIpc) is 3.11. The summed E-state index contributed by atoms with van der Waals surface area (Å²) in [6.45, 7) is 4.48. The first-order valence-electron chi connectivity index (χ1n) is 20.4. The maximum atomic E-state index is 12.7. The number of carboxylic acid groups (broad SMARTS) is 1. The number of carbonyl (C=O) groups is 3. The molecule has 0 N–H and O–H groups in total. The van der Waals surface area contributed by atoms with E-state index < -0.39 is 24.3 Å². The summed E-state index contributed by atoms with van der Waals surface area (Å²) in [5, 5.41) is 11.6. The zero-order valence-corrected chi connectivity index (χ0v) is 34.1. The Hall–Kier alpha value is -3.01. The van der Waals surface area contributed by atoms with Crippen LogP contribution in [-0.2, 0) is 33.3 Å². The third-order valence-electron chi connectivity index (χ3n) is 8.28. The molecule has 9 nitrogen and oxygen atoms in total. The Morgan fingerprint density at radius 3 is 1.60 bits per heavy atom. The number of aliphatic carboxylic acids is 1. The molecule has 0 radical (unpaired) electrons. The van der Waals surface area contributed by atoms with E-state index >= 15 is 0 Å². The normalized spacial score (nSPS) is 13.6. The quantitative estimate of drug-likeness (QED) is 0.0206. The first kappa shape index (κ1) is 50.0. The standard InChI is InChI=1S/C44H75NO8/c1-6-8-10-12-13-14-15-16-17-18-19-20-21-22-23-24-25-26-27-28-29-31-33-35-42(47)53-40(38-51-41(46)34-32-30-11-9-7-2)39-52-44(43(48)49)50-37-36-45(3,4)5/h8,10,13-14,16-17,19-20,22-23,40,44H,6-7,9,11-12,15,18,21,24-39H2,1-5H3/b10-8-,14-13-,17-16-,20-19-,23-22-. The summed E-state index contributed by atoms with van der Waals surface area (Å²) >= 11 is 0. The Kier molecular flexibility index (Phi) is 33.9. The number of nitrogens with zero attached hydrogens (tertiary/aromatic N) is 1. The number of hydrogen-bond acceptors (Lipinski definition) is 8. The Balaban J connectivity index is 4.30. The number of rotatable bonds is 36. The first-order chi connectivity index (χ1) is 25.6. The van der Waals surface area contributed by atoms with E-state index in [2.05, 4.69) is 74.6 Å². The van der Waals surface area contributed by atoms with Gasteiger partial charge in [-0.25, -0.2) is 0 Å². The van der Waals surface area contributed by atoms with Crippen LogP contribution in [-0.4, -0.2) is 82.3 Å². The van der Waals surface area contributed by atoms with Crippen LogP contribution in [0, 0.1) is 0 Å². The molecule has 0 aromatic carbocycles. The fourth-order valence-corrected chi connectivity index (χ4v) is 5.09. The molecule has 0 bridgehead atoms. The number of quaternary nitrogens is 1. The number of ether oxygens (including phenoxy) is 4. The second kappa shape index (κ2) is 36.0. The second-order valence-electron chi connectivity index (χ2n) is 14.5. The minimum Gasteiger partial charge on any atom is -0.545 e. The van der Waals surface area contributed by atoms with Gasteiger partial charge in [-0.3, -0.25) is 9.59 Å². The van der Waals surface area contributed by atoms with Gasteiger partial charge in [0.25, 0.3) is 0 Å². The van der Waals surface area contributed by atoms with Crippen LogP contribution in [0.4, 0.5) is 0 Å². The Bertz CT molecular complexity index is 1060. The molecule has 2 unspecified atom stereocenters. The predicted molar refractivity (Wildman–Crippen MR) is 214 cm³/mol. The number of carboxylic acids is 1. The highest BCUT2D eigenvalue weighted by atomic mass is 16.7. The number of likely N-dealkylation sites (N-methyl/N-ethyl adjacent to an activating group) is 1. The van der Waals surface area contributed by atoms with Gasteiger partial charge in [0.05, 0.1) is 40.3 Å². The van der Waals surface area contributed by atoms with E-state index in [1.165, 1.54) is 19.3 Å². The summed E-state index contributed by atoms with van der Waals surface area (Å²) in [6.07, 6.45) is 38.7. The number of unbranched alkanes of at least 4 members (excludes halogenated alkanes) is 11. The van der Waals surface area contributed by atoms with Gasteiger partial charge in [0, 0.05) is 12.8 Å². The van der Waals surface area contributed by atoms with Crippen molar-refractivity contribution >= 4 is 17.9 Å². The van der Waals surface area contributed by atoms with Gasteiger partial charge in [-0.2, -0.15) is 0 Å². The van der Waals surface area contributed by atoms with E-state index in [9.17, 15) is 19.5 Å². The molecule has 9 heteroatoms. The van der Waals surface area contributed by atoms with Crippen LogP contribution >= 0.6 is 0 Å². The summed E-state index contributed by atoms with van der Waals surface area (Å²) in [5.41, 5.74) is 0. The fraction of sp³-hybridized carbons (Fsp3) is 0.705. The molecule has 0 heterocycles. The van der Waals surface area contributed by atoms with Crippen molar-refractivity contribution in [2.45, 2.75) is 155 Å². The molecular formula is C44H75NO8. The van der Waals surface area contributed by atoms with Gasteiger partial charge in [0.1, 0.15) is 13.2 Å². The van der Waals surface area contributed by atoms with Crippen LogP contribution < -0.4 is 5.11 Å². The minimum atomic E-state index is -1.62. The highest BCUT2D eigenvalue weighted by Gasteiger charge is 2.21. The average molecular weight is 746 g/mol. The molecule has 0 fully saturated rings. The van der Waals surface area contributed by atoms with E-state index in [-0.39, 0.29) is 38.6 Å². The SMILES string of the molecule is CC/C=C\C/C=C\C/C=C\C/C=C\C/C=C\CCCCCCCCCC(=O)OC(COC(=O)CCCCCCC)COC(OCC[N+](C)(C)C)C(=O)[O-]. The van der Waals surface area contributed by atoms with Crippen molar-refractivity contribution in [2.24, 2.45) is 0 Å². The van der Waals surface area contributed by atoms with Crippen molar-refractivity contribution in [1.82, 2.24) is 0 Å². The molecule has 53 heavy (non-hydrogen) atoms. The molecule has 0 saturated heterocycles. The van der Waals surface area contributed by atoms with Gasteiger partial charge < -0.3 is 33.3 Å². The zero-order valence-electron chi connectivity index (χ0n) is 34.1. The summed E-state index contributed by atoms with van der Waals surface area (Å²) in [5.74, 6) is -2.33. The molecule has 0 aliphatic rings. The second-order valence-corrected chi connectivity index (χ2v) is 14.5. The molecule has 0 amide bonds. The van der Waals surface area contributed by atoms with E-state index in [0.717, 1.165) is 89.9 Å². The van der Waals surface area contributed by atoms with Crippen LogP contribution in [0.5, 0.6) is 0 Å². The summed E-state index contributed by atoms with van der Waals surface area (Å²) in [7, 11) is 5.88. The molecule has 0 rings (SSSR count). The molecule has 0 aliphatic heterocycles. The van der Waals surface area contributed by atoms with Crippen molar-refractivity contribution in [3.63, 3.8) is 0 Å².